The third-order valence-corrected chi connectivity index (χ3v) is 5.83. The predicted octanol–water partition coefficient (Wildman–Crippen LogP) is 3.40. The SMILES string of the molecule is CCc1noc(C23CC4CC(CC(C4)C2)C3)c1C(=O)O. The Bertz CT molecular complexity index is 525. The van der Waals surface area contributed by atoms with Crippen LogP contribution in [0.3, 0.4) is 0 Å². The third-order valence-electron chi connectivity index (χ3n) is 5.83. The first-order valence-corrected chi connectivity index (χ1v) is 7.83. The molecule has 4 aliphatic carbocycles. The zero-order chi connectivity index (χ0) is 13.9. The van der Waals surface area contributed by atoms with E-state index in [0.717, 1.165) is 37.0 Å². The topological polar surface area (TPSA) is 63.3 Å². The van der Waals surface area contributed by atoms with Crippen LogP contribution in [0.2, 0.25) is 0 Å². The van der Waals surface area contributed by atoms with Crippen molar-refractivity contribution in [3.63, 3.8) is 0 Å². The molecule has 0 aromatic carbocycles. The largest absolute Gasteiger partial charge is 0.477 e. The van der Waals surface area contributed by atoms with Gasteiger partial charge in [-0.15, -0.1) is 0 Å². The maximum absolute atomic E-state index is 11.7. The lowest BCUT2D eigenvalue weighted by molar-refractivity contribution is -0.0182. The van der Waals surface area contributed by atoms with Crippen molar-refractivity contribution in [2.45, 2.75) is 57.3 Å². The Morgan fingerprint density at radius 1 is 1.25 bits per heavy atom. The monoisotopic (exact) mass is 275 g/mol. The van der Waals surface area contributed by atoms with E-state index >= 15 is 0 Å². The van der Waals surface area contributed by atoms with Crippen molar-refractivity contribution in [1.82, 2.24) is 5.16 Å². The van der Waals surface area contributed by atoms with Crippen molar-refractivity contribution in [2.75, 3.05) is 0 Å². The van der Waals surface area contributed by atoms with E-state index in [1.165, 1.54) is 19.3 Å². The second-order valence-electron chi connectivity index (χ2n) is 7.19. The Morgan fingerprint density at radius 2 is 1.80 bits per heavy atom. The zero-order valence-electron chi connectivity index (χ0n) is 11.9. The summed E-state index contributed by atoms with van der Waals surface area (Å²) in [4.78, 5) is 11.7. The molecular weight excluding hydrogens is 254 g/mol. The standard InChI is InChI=1S/C16H21NO3/c1-2-12-13(15(18)19)14(20-17-12)16-6-9-3-10(7-16)5-11(4-9)8-16/h9-11H,2-8H2,1H3,(H,18,19). The Hall–Kier alpha value is -1.32. The van der Waals surface area contributed by atoms with Crippen molar-refractivity contribution in [2.24, 2.45) is 17.8 Å². The molecule has 0 amide bonds. The van der Waals surface area contributed by atoms with Crippen molar-refractivity contribution in [3.8, 4) is 0 Å². The number of carboxylic acids is 1. The normalized spacial score (nSPS) is 38.4. The van der Waals surface area contributed by atoms with Gasteiger partial charge in [-0.25, -0.2) is 4.79 Å². The van der Waals surface area contributed by atoms with Gasteiger partial charge < -0.3 is 9.63 Å². The van der Waals surface area contributed by atoms with Gasteiger partial charge in [0.15, 0.2) is 5.76 Å². The van der Waals surface area contributed by atoms with E-state index in [1.807, 2.05) is 6.92 Å². The van der Waals surface area contributed by atoms with Gasteiger partial charge in [0.2, 0.25) is 0 Å². The Morgan fingerprint density at radius 3 is 2.25 bits per heavy atom. The minimum absolute atomic E-state index is 0.0249. The summed E-state index contributed by atoms with van der Waals surface area (Å²) < 4.78 is 5.60. The summed E-state index contributed by atoms with van der Waals surface area (Å²) >= 11 is 0. The molecule has 0 unspecified atom stereocenters. The quantitative estimate of drug-likeness (QED) is 0.918. The molecule has 0 aliphatic heterocycles. The first kappa shape index (κ1) is 12.4. The summed E-state index contributed by atoms with van der Waals surface area (Å²) in [6.07, 6.45) is 7.98. The minimum Gasteiger partial charge on any atom is -0.477 e. The molecule has 1 N–H and O–H groups in total. The molecule has 0 atom stereocenters. The van der Waals surface area contributed by atoms with Crippen LogP contribution in [0.25, 0.3) is 0 Å². The average molecular weight is 275 g/mol. The maximum Gasteiger partial charge on any atom is 0.341 e. The first-order valence-electron chi connectivity index (χ1n) is 7.83. The van der Waals surface area contributed by atoms with Gasteiger partial charge in [-0.2, -0.15) is 0 Å². The Balaban J connectivity index is 1.81. The van der Waals surface area contributed by atoms with Gasteiger partial charge in [0, 0.05) is 5.41 Å². The van der Waals surface area contributed by atoms with E-state index in [1.54, 1.807) is 0 Å². The molecule has 108 valence electrons. The molecule has 4 nitrogen and oxygen atoms in total. The molecule has 1 heterocycles. The van der Waals surface area contributed by atoms with Gasteiger partial charge in [0.1, 0.15) is 5.56 Å². The highest BCUT2D eigenvalue weighted by Crippen LogP contribution is 2.61. The molecule has 1 aromatic rings. The molecule has 20 heavy (non-hydrogen) atoms. The summed E-state index contributed by atoms with van der Waals surface area (Å²) in [7, 11) is 0. The summed E-state index contributed by atoms with van der Waals surface area (Å²) in [5.74, 6) is 2.16. The molecule has 0 radical (unpaired) electrons. The van der Waals surface area contributed by atoms with Gasteiger partial charge in [-0.05, 0) is 62.7 Å². The summed E-state index contributed by atoms with van der Waals surface area (Å²) in [6, 6.07) is 0. The summed E-state index contributed by atoms with van der Waals surface area (Å²) in [5.41, 5.74) is 0.959. The zero-order valence-corrected chi connectivity index (χ0v) is 11.9. The number of aromatic nitrogens is 1. The molecule has 4 bridgehead atoms. The van der Waals surface area contributed by atoms with E-state index in [9.17, 15) is 9.90 Å². The van der Waals surface area contributed by atoms with Crippen LogP contribution in [0.15, 0.2) is 4.52 Å². The number of aromatic carboxylic acids is 1. The lowest BCUT2D eigenvalue weighted by Crippen LogP contribution is -2.48. The number of rotatable bonds is 3. The molecule has 0 spiro atoms. The number of hydrogen-bond donors (Lipinski definition) is 1. The Labute approximate surface area is 118 Å². The van der Waals surface area contributed by atoms with Crippen molar-refractivity contribution in [3.05, 3.63) is 17.0 Å². The molecular formula is C16H21NO3. The van der Waals surface area contributed by atoms with Crippen molar-refractivity contribution in [1.29, 1.82) is 0 Å². The highest BCUT2D eigenvalue weighted by atomic mass is 16.5. The lowest BCUT2D eigenvalue weighted by atomic mass is 9.48. The predicted molar refractivity (Wildman–Crippen MR) is 72.7 cm³/mol. The van der Waals surface area contributed by atoms with Gasteiger partial charge in [-0.1, -0.05) is 12.1 Å². The Kier molecular flexibility index (Phi) is 2.54. The number of hydrogen-bond acceptors (Lipinski definition) is 3. The summed E-state index contributed by atoms with van der Waals surface area (Å²) in [6.45, 7) is 1.94. The van der Waals surface area contributed by atoms with Gasteiger partial charge in [0.25, 0.3) is 0 Å². The average Bonchev–Trinajstić information content (AvgIpc) is 2.81. The number of carboxylic acid groups (broad SMARTS) is 1. The molecule has 5 rings (SSSR count). The fourth-order valence-electron chi connectivity index (χ4n) is 5.54. The minimum atomic E-state index is -0.867. The van der Waals surface area contributed by atoms with Gasteiger partial charge in [0.05, 0.1) is 5.69 Å². The molecule has 4 aliphatic rings. The molecule has 4 saturated carbocycles. The highest BCUT2D eigenvalue weighted by Gasteiger charge is 2.55. The van der Waals surface area contributed by atoms with E-state index in [4.69, 9.17) is 4.52 Å². The van der Waals surface area contributed by atoms with Gasteiger partial charge >= 0.3 is 5.97 Å². The van der Waals surface area contributed by atoms with Gasteiger partial charge in [-0.3, -0.25) is 0 Å². The van der Waals surface area contributed by atoms with Crippen LogP contribution in [0.5, 0.6) is 0 Å². The van der Waals surface area contributed by atoms with Crippen LogP contribution in [0.1, 0.15) is 67.3 Å². The highest BCUT2D eigenvalue weighted by molar-refractivity contribution is 5.90. The van der Waals surface area contributed by atoms with E-state index in [2.05, 4.69) is 5.16 Å². The number of aryl methyl sites for hydroxylation is 1. The second-order valence-corrected chi connectivity index (χ2v) is 7.19. The van der Waals surface area contributed by atoms with Crippen LogP contribution < -0.4 is 0 Å². The second kappa shape index (κ2) is 4.09. The van der Waals surface area contributed by atoms with Crippen LogP contribution in [-0.4, -0.2) is 16.2 Å². The fraction of sp³-hybridized carbons (Fsp3) is 0.750. The number of carbonyl (C=O) groups is 1. The van der Waals surface area contributed by atoms with E-state index in [0.29, 0.717) is 23.4 Å². The molecule has 4 heteroatoms. The van der Waals surface area contributed by atoms with Crippen LogP contribution in [-0.2, 0) is 11.8 Å². The van der Waals surface area contributed by atoms with Crippen molar-refractivity contribution < 1.29 is 14.4 Å². The summed E-state index contributed by atoms with van der Waals surface area (Å²) in [5, 5.41) is 13.6. The van der Waals surface area contributed by atoms with E-state index < -0.39 is 5.97 Å². The maximum atomic E-state index is 11.7. The smallest absolute Gasteiger partial charge is 0.341 e. The third kappa shape index (κ3) is 1.60. The number of nitrogens with zero attached hydrogens (tertiary/aromatic N) is 1. The van der Waals surface area contributed by atoms with Crippen LogP contribution in [0.4, 0.5) is 0 Å². The fourth-order valence-corrected chi connectivity index (χ4v) is 5.54. The molecule has 4 fully saturated rings. The molecule has 1 aromatic heterocycles. The lowest BCUT2D eigenvalue weighted by Gasteiger charge is -2.55. The van der Waals surface area contributed by atoms with Crippen LogP contribution in [0, 0.1) is 17.8 Å². The first-order chi connectivity index (χ1) is 9.61. The van der Waals surface area contributed by atoms with Crippen molar-refractivity contribution >= 4 is 5.97 Å². The van der Waals surface area contributed by atoms with E-state index in [-0.39, 0.29) is 5.41 Å². The molecule has 0 saturated heterocycles. The van der Waals surface area contributed by atoms with Crippen LogP contribution >= 0.6 is 0 Å².